The highest BCUT2D eigenvalue weighted by molar-refractivity contribution is 5.97. The summed E-state index contributed by atoms with van der Waals surface area (Å²) in [5.74, 6) is -0.334. The van der Waals surface area contributed by atoms with Crippen LogP contribution in [0.15, 0.2) is 84.9 Å². The molecule has 0 spiro atoms. The normalized spacial score (nSPS) is 11.4. The van der Waals surface area contributed by atoms with Crippen molar-refractivity contribution in [3.8, 4) is 5.75 Å². The van der Waals surface area contributed by atoms with Gasteiger partial charge < -0.3 is 15.8 Å². The number of rotatable bonds is 7. The second kappa shape index (κ2) is 8.67. The first kappa shape index (κ1) is 18.2. The first-order valence-corrected chi connectivity index (χ1v) is 8.55. The highest BCUT2D eigenvalue weighted by atomic mass is 16.5. The summed E-state index contributed by atoms with van der Waals surface area (Å²) in [5.41, 5.74) is 7.56. The molecule has 0 fully saturated rings. The minimum atomic E-state index is -0.882. The van der Waals surface area contributed by atoms with Gasteiger partial charge in [0, 0.05) is 5.56 Å². The third kappa shape index (κ3) is 4.95. The highest BCUT2D eigenvalue weighted by Crippen LogP contribution is 2.16. The van der Waals surface area contributed by atoms with Crippen molar-refractivity contribution in [2.24, 2.45) is 5.73 Å². The lowest BCUT2D eigenvalue weighted by molar-refractivity contribution is -0.120. The molecule has 0 radical (unpaired) electrons. The number of hydrogen-bond acceptors (Lipinski definition) is 3. The van der Waals surface area contributed by atoms with Gasteiger partial charge in [-0.05, 0) is 35.4 Å². The number of hydrogen-bond donors (Lipinski definition) is 2. The molecule has 0 aromatic heterocycles. The van der Waals surface area contributed by atoms with Gasteiger partial charge in [-0.3, -0.25) is 9.59 Å². The third-order valence-corrected chi connectivity index (χ3v) is 4.06. The van der Waals surface area contributed by atoms with Crippen LogP contribution in [0.25, 0.3) is 0 Å². The molecule has 5 heteroatoms. The Bertz CT molecular complexity index is 894. The molecule has 2 amide bonds. The predicted octanol–water partition coefficient (Wildman–Crippen LogP) is 3.22. The van der Waals surface area contributed by atoms with Gasteiger partial charge in [0.15, 0.2) is 0 Å². The zero-order valence-corrected chi connectivity index (χ0v) is 14.7. The van der Waals surface area contributed by atoms with E-state index < -0.39 is 11.9 Å². The summed E-state index contributed by atoms with van der Waals surface area (Å²) in [6, 6.07) is 24.6. The second-order valence-electron chi connectivity index (χ2n) is 6.02. The Hall–Kier alpha value is -3.60. The zero-order valence-electron chi connectivity index (χ0n) is 14.7. The van der Waals surface area contributed by atoms with E-state index in [0.717, 1.165) is 5.56 Å². The number of nitrogens with two attached hydrogens (primary N) is 1. The van der Waals surface area contributed by atoms with Crippen LogP contribution in [0.5, 0.6) is 5.75 Å². The molecule has 0 aliphatic heterocycles. The summed E-state index contributed by atoms with van der Waals surface area (Å²) in [6.45, 7) is 0.449. The molecular formula is C22H20N2O3. The molecule has 3 N–H and O–H groups in total. The molecule has 27 heavy (non-hydrogen) atoms. The average Bonchev–Trinajstić information content (AvgIpc) is 2.72. The molecule has 3 aromatic rings. The van der Waals surface area contributed by atoms with Crippen LogP contribution in [0.3, 0.4) is 0 Å². The number of nitrogens with one attached hydrogen (secondary N) is 1. The molecule has 1 unspecified atom stereocenters. The van der Waals surface area contributed by atoms with Crippen LogP contribution in [0, 0.1) is 0 Å². The Labute approximate surface area is 157 Å². The van der Waals surface area contributed by atoms with E-state index in [1.165, 1.54) is 0 Å². The van der Waals surface area contributed by atoms with Crippen molar-refractivity contribution in [1.29, 1.82) is 0 Å². The molecule has 3 rings (SSSR count). The van der Waals surface area contributed by atoms with Crippen LogP contribution >= 0.6 is 0 Å². The van der Waals surface area contributed by atoms with E-state index in [0.29, 0.717) is 23.5 Å². The van der Waals surface area contributed by atoms with Gasteiger partial charge in [-0.15, -0.1) is 0 Å². The Kier molecular flexibility index (Phi) is 5.84. The summed E-state index contributed by atoms with van der Waals surface area (Å²) in [7, 11) is 0. The Morgan fingerprint density at radius 1 is 0.852 bits per heavy atom. The zero-order chi connectivity index (χ0) is 19.1. The largest absolute Gasteiger partial charge is 0.489 e. The summed E-state index contributed by atoms with van der Waals surface area (Å²) in [4.78, 5) is 24.2. The van der Waals surface area contributed by atoms with Crippen LogP contribution in [0.1, 0.15) is 27.5 Å². The first-order valence-electron chi connectivity index (χ1n) is 8.55. The maximum atomic E-state index is 12.5. The van der Waals surface area contributed by atoms with Gasteiger partial charge in [0.05, 0.1) is 0 Å². The van der Waals surface area contributed by atoms with Gasteiger partial charge in [-0.25, -0.2) is 0 Å². The third-order valence-electron chi connectivity index (χ3n) is 4.06. The smallest absolute Gasteiger partial charge is 0.252 e. The van der Waals surface area contributed by atoms with E-state index in [1.54, 1.807) is 48.5 Å². The molecule has 0 saturated heterocycles. The molecular weight excluding hydrogens is 340 g/mol. The van der Waals surface area contributed by atoms with Gasteiger partial charge in [-0.2, -0.15) is 0 Å². The molecule has 136 valence electrons. The summed E-state index contributed by atoms with van der Waals surface area (Å²) >= 11 is 0. The lowest BCUT2D eigenvalue weighted by Crippen LogP contribution is -2.37. The minimum Gasteiger partial charge on any atom is -0.489 e. The van der Waals surface area contributed by atoms with Gasteiger partial charge in [0.25, 0.3) is 5.91 Å². The average molecular weight is 360 g/mol. The number of carbonyl (C=O) groups is 2. The molecule has 0 aliphatic rings. The summed E-state index contributed by atoms with van der Waals surface area (Å²) in [6.07, 6.45) is 0. The number of amides is 2. The fraction of sp³-hybridized carbons (Fsp3) is 0.0909. The lowest BCUT2D eigenvalue weighted by atomic mass is 10.1. The van der Waals surface area contributed by atoms with Crippen LogP contribution in [0.2, 0.25) is 0 Å². The van der Waals surface area contributed by atoms with E-state index >= 15 is 0 Å². The van der Waals surface area contributed by atoms with Crippen LogP contribution in [-0.2, 0) is 11.4 Å². The Balaban J connectivity index is 1.63. The summed E-state index contributed by atoms with van der Waals surface area (Å²) < 4.78 is 5.71. The molecule has 0 heterocycles. The number of ether oxygens (including phenoxy) is 1. The van der Waals surface area contributed by atoms with Crippen molar-refractivity contribution in [3.63, 3.8) is 0 Å². The molecule has 5 nitrogen and oxygen atoms in total. The molecule has 0 saturated carbocycles. The van der Waals surface area contributed by atoms with Crippen molar-refractivity contribution in [1.82, 2.24) is 5.32 Å². The molecule has 0 bridgehead atoms. The van der Waals surface area contributed by atoms with Crippen LogP contribution in [-0.4, -0.2) is 11.8 Å². The summed E-state index contributed by atoms with van der Waals surface area (Å²) in [5, 5.41) is 2.67. The topological polar surface area (TPSA) is 81.4 Å². The monoisotopic (exact) mass is 360 g/mol. The predicted molar refractivity (Wildman–Crippen MR) is 103 cm³/mol. The fourth-order valence-corrected chi connectivity index (χ4v) is 2.62. The Morgan fingerprint density at radius 2 is 1.44 bits per heavy atom. The lowest BCUT2D eigenvalue weighted by Gasteiger charge is -2.16. The van der Waals surface area contributed by atoms with Crippen LogP contribution in [0.4, 0.5) is 0 Å². The first-order chi connectivity index (χ1) is 13.1. The van der Waals surface area contributed by atoms with E-state index in [-0.39, 0.29) is 5.91 Å². The molecule has 3 aromatic carbocycles. The van der Waals surface area contributed by atoms with E-state index in [4.69, 9.17) is 10.5 Å². The van der Waals surface area contributed by atoms with Gasteiger partial charge >= 0.3 is 0 Å². The van der Waals surface area contributed by atoms with E-state index in [1.807, 2.05) is 36.4 Å². The number of primary amides is 1. The SMILES string of the molecule is NC(=O)C(NC(=O)c1ccc(OCc2ccccc2)cc1)c1ccccc1. The highest BCUT2D eigenvalue weighted by Gasteiger charge is 2.20. The van der Waals surface area contributed by atoms with E-state index in [2.05, 4.69) is 5.32 Å². The fourth-order valence-electron chi connectivity index (χ4n) is 2.62. The molecule has 0 aliphatic carbocycles. The number of carbonyl (C=O) groups excluding carboxylic acids is 2. The molecule has 1 atom stereocenters. The van der Waals surface area contributed by atoms with E-state index in [9.17, 15) is 9.59 Å². The van der Waals surface area contributed by atoms with Gasteiger partial charge in [-0.1, -0.05) is 60.7 Å². The van der Waals surface area contributed by atoms with Crippen molar-refractivity contribution in [2.45, 2.75) is 12.6 Å². The quantitative estimate of drug-likeness (QED) is 0.679. The Morgan fingerprint density at radius 3 is 2.04 bits per heavy atom. The van der Waals surface area contributed by atoms with Crippen molar-refractivity contribution in [2.75, 3.05) is 0 Å². The second-order valence-corrected chi connectivity index (χ2v) is 6.02. The van der Waals surface area contributed by atoms with Crippen molar-refractivity contribution >= 4 is 11.8 Å². The maximum Gasteiger partial charge on any atom is 0.252 e. The van der Waals surface area contributed by atoms with Crippen molar-refractivity contribution in [3.05, 3.63) is 102 Å². The van der Waals surface area contributed by atoms with Crippen LogP contribution < -0.4 is 15.8 Å². The van der Waals surface area contributed by atoms with Gasteiger partial charge in [0.2, 0.25) is 5.91 Å². The minimum absolute atomic E-state index is 0.378. The maximum absolute atomic E-state index is 12.5. The standard InChI is InChI=1S/C22H20N2O3/c23-21(25)20(17-9-5-2-6-10-17)24-22(26)18-11-13-19(14-12-18)27-15-16-7-3-1-4-8-16/h1-14,20H,15H2,(H2,23,25)(H,24,26). The van der Waals surface area contributed by atoms with Crippen molar-refractivity contribution < 1.29 is 14.3 Å². The van der Waals surface area contributed by atoms with Gasteiger partial charge in [0.1, 0.15) is 18.4 Å². The number of benzene rings is 3.